The molecule has 2 heterocycles. The van der Waals surface area contributed by atoms with Crippen molar-refractivity contribution in [2.75, 3.05) is 19.1 Å². The van der Waals surface area contributed by atoms with E-state index >= 15 is 0 Å². The van der Waals surface area contributed by atoms with Crippen molar-refractivity contribution >= 4 is 27.6 Å². The van der Waals surface area contributed by atoms with E-state index in [0.717, 1.165) is 10.2 Å². The van der Waals surface area contributed by atoms with E-state index < -0.39 is 0 Å². The first-order chi connectivity index (χ1) is 8.22. The summed E-state index contributed by atoms with van der Waals surface area (Å²) in [5, 5.41) is 0. The standard InChI is InChI=1S/C11H11BrN4O/c1-16(8-4-3-5-13-6-8)11-14-7-9(12)10(15-11)17-2/h3-7H,1-2H3. The van der Waals surface area contributed by atoms with Crippen LogP contribution in [0.25, 0.3) is 0 Å². The molecule has 0 aliphatic rings. The van der Waals surface area contributed by atoms with Crippen molar-refractivity contribution in [2.24, 2.45) is 0 Å². The Balaban J connectivity index is 2.34. The highest BCUT2D eigenvalue weighted by Gasteiger charge is 2.10. The van der Waals surface area contributed by atoms with Gasteiger partial charge >= 0.3 is 0 Å². The van der Waals surface area contributed by atoms with Gasteiger partial charge in [0.2, 0.25) is 11.8 Å². The average molecular weight is 295 g/mol. The van der Waals surface area contributed by atoms with Gasteiger partial charge in [0, 0.05) is 13.2 Å². The van der Waals surface area contributed by atoms with Crippen LogP contribution in [0, 0.1) is 0 Å². The maximum absolute atomic E-state index is 5.13. The largest absolute Gasteiger partial charge is 0.480 e. The molecule has 0 aliphatic heterocycles. The molecule has 0 N–H and O–H groups in total. The Bertz CT molecular complexity index is 506. The maximum atomic E-state index is 5.13. The zero-order chi connectivity index (χ0) is 12.3. The van der Waals surface area contributed by atoms with E-state index in [2.05, 4.69) is 30.9 Å². The van der Waals surface area contributed by atoms with Crippen molar-refractivity contribution in [3.05, 3.63) is 35.2 Å². The first-order valence-electron chi connectivity index (χ1n) is 4.92. The fourth-order valence-corrected chi connectivity index (χ4v) is 1.67. The number of hydrogen-bond acceptors (Lipinski definition) is 5. The molecule has 0 aromatic carbocycles. The summed E-state index contributed by atoms with van der Waals surface area (Å²) < 4.78 is 5.86. The van der Waals surface area contributed by atoms with Crippen LogP contribution >= 0.6 is 15.9 Å². The van der Waals surface area contributed by atoms with Crippen molar-refractivity contribution in [1.29, 1.82) is 0 Å². The number of methoxy groups -OCH3 is 1. The van der Waals surface area contributed by atoms with E-state index in [4.69, 9.17) is 4.74 Å². The van der Waals surface area contributed by atoms with Crippen LogP contribution in [0.2, 0.25) is 0 Å². The highest BCUT2D eigenvalue weighted by molar-refractivity contribution is 9.10. The third-order valence-electron chi connectivity index (χ3n) is 2.23. The molecule has 0 amide bonds. The number of halogens is 1. The summed E-state index contributed by atoms with van der Waals surface area (Å²) in [6.45, 7) is 0. The topological polar surface area (TPSA) is 51.1 Å². The van der Waals surface area contributed by atoms with Crippen molar-refractivity contribution in [3.8, 4) is 5.88 Å². The molecule has 0 fully saturated rings. The third kappa shape index (κ3) is 2.52. The number of rotatable bonds is 3. The first kappa shape index (κ1) is 11.8. The SMILES string of the molecule is COc1nc(N(C)c2cccnc2)ncc1Br. The van der Waals surface area contributed by atoms with Gasteiger partial charge in [0.1, 0.15) is 0 Å². The normalized spacial score (nSPS) is 10.1. The van der Waals surface area contributed by atoms with Gasteiger partial charge in [0.25, 0.3) is 0 Å². The fourth-order valence-electron chi connectivity index (χ4n) is 1.32. The highest BCUT2D eigenvalue weighted by Crippen LogP contribution is 2.25. The van der Waals surface area contributed by atoms with Gasteiger partial charge in [-0.25, -0.2) is 4.98 Å². The summed E-state index contributed by atoms with van der Waals surface area (Å²) in [6.07, 6.45) is 5.13. The number of hydrogen-bond donors (Lipinski definition) is 0. The van der Waals surface area contributed by atoms with Gasteiger partial charge in [-0.05, 0) is 28.1 Å². The second-order valence-corrected chi connectivity index (χ2v) is 4.15. The van der Waals surface area contributed by atoms with E-state index in [1.165, 1.54) is 0 Å². The van der Waals surface area contributed by atoms with Crippen LogP contribution in [-0.2, 0) is 0 Å². The second kappa shape index (κ2) is 5.09. The van der Waals surface area contributed by atoms with Crippen molar-refractivity contribution in [1.82, 2.24) is 15.0 Å². The summed E-state index contributed by atoms with van der Waals surface area (Å²) in [7, 11) is 3.45. The molecule has 6 heteroatoms. The second-order valence-electron chi connectivity index (χ2n) is 3.30. The molecule has 88 valence electrons. The monoisotopic (exact) mass is 294 g/mol. The summed E-state index contributed by atoms with van der Waals surface area (Å²) >= 11 is 3.32. The van der Waals surface area contributed by atoms with Crippen molar-refractivity contribution in [2.45, 2.75) is 0 Å². The predicted octanol–water partition coefficient (Wildman–Crippen LogP) is 2.41. The number of pyridine rings is 1. The van der Waals surface area contributed by atoms with E-state index in [9.17, 15) is 0 Å². The minimum atomic E-state index is 0.505. The van der Waals surface area contributed by atoms with Crippen LogP contribution in [0.1, 0.15) is 0 Å². The summed E-state index contributed by atoms with van der Waals surface area (Å²) in [6, 6.07) is 3.80. The fraction of sp³-hybridized carbons (Fsp3) is 0.182. The molecule has 5 nitrogen and oxygen atoms in total. The summed E-state index contributed by atoms with van der Waals surface area (Å²) in [5.41, 5.74) is 0.914. The zero-order valence-corrected chi connectivity index (χ0v) is 11.0. The maximum Gasteiger partial charge on any atom is 0.233 e. The molecule has 0 aliphatic carbocycles. The lowest BCUT2D eigenvalue weighted by Crippen LogP contribution is -2.13. The quantitative estimate of drug-likeness (QED) is 0.870. The van der Waals surface area contributed by atoms with E-state index in [1.807, 2.05) is 24.1 Å². The van der Waals surface area contributed by atoms with Gasteiger partial charge < -0.3 is 9.64 Å². The van der Waals surface area contributed by atoms with Crippen LogP contribution in [0.5, 0.6) is 5.88 Å². The Morgan fingerprint density at radius 2 is 2.18 bits per heavy atom. The van der Waals surface area contributed by atoms with Crippen molar-refractivity contribution < 1.29 is 4.74 Å². The number of aromatic nitrogens is 3. The molecule has 0 unspecified atom stereocenters. The van der Waals surface area contributed by atoms with Crippen LogP contribution in [0.15, 0.2) is 35.2 Å². The molecule has 0 bridgehead atoms. The van der Waals surface area contributed by atoms with Gasteiger partial charge in [0.15, 0.2) is 0 Å². The molecular weight excluding hydrogens is 284 g/mol. The van der Waals surface area contributed by atoms with Crippen LogP contribution in [-0.4, -0.2) is 29.1 Å². The molecule has 0 saturated carbocycles. The van der Waals surface area contributed by atoms with Crippen LogP contribution in [0.4, 0.5) is 11.6 Å². The van der Waals surface area contributed by atoms with Gasteiger partial charge in [-0.3, -0.25) is 4.98 Å². The van der Waals surface area contributed by atoms with E-state index in [1.54, 1.807) is 25.7 Å². The third-order valence-corrected chi connectivity index (χ3v) is 2.77. The van der Waals surface area contributed by atoms with Gasteiger partial charge in [0.05, 0.1) is 29.7 Å². The van der Waals surface area contributed by atoms with Gasteiger partial charge in [-0.2, -0.15) is 4.98 Å². The highest BCUT2D eigenvalue weighted by atomic mass is 79.9. The molecule has 2 rings (SSSR count). The van der Waals surface area contributed by atoms with E-state index in [-0.39, 0.29) is 0 Å². The summed E-state index contributed by atoms with van der Waals surface area (Å²) in [5.74, 6) is 1.06. The molecule has 0 radical (unpaired) electrons. The zero-order valence-electron chi connectivity index (χ0n) is 9.46. The predicted molar refractivity (Wildman–Crippen MR) is 68.6 cm³/mol. The van der Waals surface area contributed by atoms with E-state index in [0.29, 0.717) is 11.8 Å². The Labute approximate surface area is 108 Å². The molecule has 0 atom stereocenters. The number of ether oxygens (including phenoxy) is 1. The van der Waals surface area contributed by atoms with Crippen LogP contribution < -0.4 is 9.64 Å². The summed E-state index contributed by atoms with van der Waals surface area (Å²) in [4.78, 5) is 14.4. The molecule has 2 aromatic rings. The Morgan fingerprint density at radius 3 is 2.82 bits per heavy atom. The molecular formula is C11H11BrN4O. The lowest BCUT2D eigenvalue weighted by atomic mass is 10.4. The van der Waals surface area contributed by atoms with Crippen molar-refractivity contribution in [3.63, 3.8) is 0 Å². The Hall–Kier alpha value is -1.69. The Morgan fingerprint density at radius 1 is 1.35 bits per heavy atom. The molecule has 17 heavy (non-hydrogen) atoms. The first-order valence-corrected chi connectivity index (χ1v) is 5.72. The number of anilines is 2. The lowest BCUT2D eigenvalue weighted by Gasteiger charge is -2.17. The molecule has 0 spiro atoms. The smallest absolute Gasteiger partial charge is 0.233 e. The Kier molecular flexibility index (Phi) is 3.53. The number of nitrogens with zero attached hydrogens (tertiary/aromatic N) is 4. The molecule has 0 saturated heterocycles. The molecule has 2 aromatic heterocycles. The van der Waals surface area contributed by atoms with Gasteiger partial charge in [-0.1, -0.05) is 0 Å². The van der Waals surface area contributed by atoms with Gasteiger partial charge in [-0.15, -0.1) is 0 Å². The average Bonchev–Trinajstić information content (AvgIpc) is 2.39. The minimum Gasteiger partial charge on any atom is -0.480 e. The lowest BCUT2D eigenvalue weighted by molar-refractivity contribution is 0.394. The van der Waals surface area contributed by atoms with Crippen LogP contribution in [0.3, 0.4) is 0 Å². The minimum absolute atomic E-state index is 0.505.